The lowest BCUT2D eigenvalue weighted by molar-refractivity contribution is -0.136. The summed E-state index contributed by atoms with van der Waals surface area (Å²) in [6.07, 6.45) is -0.0266. The standard InChI is InChI=1S/C19H18N2O2.C18H16N2O2.C14H17NO5.C12H15NO3.C8H10BNO2/c1-11-15(12(2)23-3)9-17-18-14(10-21(17)19(11)22)8-13-6-4-5-7-16(13)20-18;1-10-14(11(2)21)8-16-17-13(9-20(16)18(10)22)7-12-5-3-4-6-15(12)19-17;1-7-9(8(2)19-3)5-11-12(16)10(14(18)20-4)6-15(11)13(7)17;1-7-9(8(2)16-3)6-10-11(14)4-5-13(10)12(7)15;1-9(12)10-8-5-3-2-4-7(8)6-11/h4-9,12H,10H2,1-3H3;3-8,11,21H,9H2,1-2H3;5,8,16H,6H2,1-4H3;6,8H,4-5H2,1-3H3;2-6,10,12H,1H3. The van der Waals surface area contributed by atoms with Crippen LogP contribution in [0.15, 0.2) is 134 Å². The maximum atomic E-state index is 12.7. The van der Waals surface area contributed by atoms with Gasteiger partial charge in [-0.25, -0.2) is 14.8 Å². The molecule has 6 aromatic heterocycles. The van der Waals surface area contributed by atoms with E-state index in [0.717, 1.165) is 78.7 Å². The first-order valence-corrected chi connectivity index (χ1v) is 30.4. The van der Waals surface area contributed by atoms with Gasteiger partial charge in [0.15, 0.2) is 17.8 Å². The third-order valence-electron chi connectivity index (χ3n) is 17.5. The number of aliphatic hydroxyl groups is 2. The molecule has 9 aromatic rings. The molecular weight excluding hydrogens is 1190 g/mol. The van der Waals surface area contributed by atoms with E-state index in [2.05, 4.69) is 34.2 Å². The van der Waals surface area contributed by atoms with E-state index in [1.165, 1.54) is 11.7 Å². The van der Waals surface area contributed by atoms with Crippen LogP contribution in [0.3, 0.4) is 0 Å². The molecule has 3 aromatic carbocycles. The summed E-state index contributed by atoms with van der Waals surface area (Å²) < 4.78 is 26.9. The Morgan fingerprint density at radius 2 is 0.978 bits per heavy atom. The van der Waals surface area contributed by atoms with Crippen LogP contribution in [0.2, 0.25) is 6.82 Å². The molecule has 4 aliphatic heterocycles. The minimum Gasteiger partial charge on any atom is -0.505 e. The van der Waals surface area contributed by atoms with Gasteiger partial charge in [-0.15, -0.1) is 0 Å². The van der Waals surface area contributed by atoms with Gasteiger partial charge in [-0.2, -0.15) is 0 Å². The van der Waals surface area contributed by atoms with Gasteiger partial charge in [0.05, 0.1) is 96.4 Å². The molecule has 4 unspecified atom stereocenters. The van der Waals surface area contributed by atoms with Crippen LogP contribution in [0.4, 0.5) is 5.69 Å². The van der Waals surface area contributed by atoms with Crippen molar-refractivity contribution in [1.82, 2.24) is 28.2 Å². The van der Waals surface area contributed by atoms with E-state index in [9.17, 15) is 43.8 Å². The molecule has 0 saturated heterocycles. The van der Waals surface area contributed by atoms with Gasteiger partial charge in [-0.1, -0.05) is 48.5 Å². The van der Waals surface area contributed by atoms with Crippen LogP contribution in [0.5, 0.6) is 0 Å². The molecule has 13 rings (SSSR count). The number of hydrogen-bond donors (Lipinski definition) is 4. The molecular formula is C71H76BN7O14. The predicted octanol–water partition coefficient (Wildman–Crippen LogP) is 10.0. The first kappa shape index (κ1) is 67.7. The Kier molecular flexibility index (Phi) is 20.7. The van der Waals surface area contributed by atoms with Crippen molar-refractivity contribution in [1.29, 1.82) is 0 Å². The lowest BCUT2D eigenvalue weighted by atomic mass is 9.88. The number of nitrogens with zero attached hydrogens (tertiary/aromatic N) is 6. The summed E-state index contributed by atoms with van der Waals surface area (Å²) in [6.45, 7) is 17.7. The third-order valence-corrected chi connectivity index (χ3v) is 17.5. The minimum atomic E-state index is -0.664. The molecule has 0 fully saturated rings. The molecule has 4 aliphatic rings. The molecule has 21 nitrogen and oxygen atoms in total. The van der Waals surface area contributed by atoms with E-state index in [-0.39, 0.29) is 64.2 Å². The van der Waals surface area contributed by atoms with Crippen LogP contribution in [0.1, 0.15) is 141 Å². The monoisotopic (exact) mass is 1260 g/mol. The molecule has 93 heavy (non-hydrogen) atoms. The highest BCUT2D eigenvalue weighted by Crippen LogP contribution is 2.36. The fraction of sp³-hybridized carbons (Fsp3) is 0.310. The van der Waals surface area contributed by atoms with Crippen molar-refractivity contribution in [3.63, 3.8) is 0 Å². The van der Waals surface area contributed by atoms with Crippen molar-refractivity contribution in [2.24, 2.45) is 0 Å². The van der Waals surface area contributed by atoms with E-state index < -0.39 is 19.1 Å². The Morgan fingerprint density at radius 1 is 0.570 bits per heavy atom. The summed E-state index contributed by atoms with van der Waals surface area (Å²) in [4.78, 5) is 92.8. The molecule has 4 atom stereocenters. The lowest BCUT2D eigenvalue weighted by Crippen LogP contribution is -2.25. The highest BCUT2D eigenvalue weighted by molar-refractivity contribution is 6.53. The van der Waals surface area contributed by atoms with Crippen LogP contribution >= 0.6 is 0 Å². The van der Waals surface area contributed by atoms with Gasteiger partial charge in [0.25, 0.3) is 22.2 Å². The highest BCUT2D eigenvalue weighted by Gasteiger charge is 2.31. The van der Waals surface area contributed by atoms with Crippen LogP contribution in [-0.2, 0) is 49.9 Å². The fourth-order valence-corrected chi connectivity index (χ4v) is 12.0. The molecule has 0 radical (unpaired) electrons. The summed E-state index contributed by atoms with van der Waals surface area (Å²) in [6, 6.07) is 34.7. The Morgan fingerprint density at radius 3 is 1.43 bits per heavy atom. The average molecular weight is 1260 g/mol. The topological polar surface area (TPSA) is 275 Å². The van der Waals surface area contributed by atoms with Crippen molar-refractivity contribution in [2.75, 3.05) is 33.7 Å². The number of carbonyl (C=O) groups excluding carboxylic acids is 3. The smallest absolute Gasteiger partial charge is 0.406 e. The number of hydrogen-bond acceptors (Lipinski definition) is 17. The van der Waals surface area contributed by atoms with Crippen LogP contribution < -0.4 is 27.5 Å². The quantitative estimate of drug-likeness (QED) is 0.0532. The first-order valence-electron chi connectivity index (χ1n) is 30.4. The largest absolute Gasteiger partial charge is 0.505 e. The van der Waals surface area contributed by atoms with Gasteiger partial charge in [-0.3, -0.25) is 28.8 Å². The second-order valence-electron chi connectivity index (χ2n) is 23.3. The number of anilines is 1. The minimum absolute atomic E-state index is 0.0230. The van der Waals surface area contributed by atoms with E-state index in [1.54, 1.807) is 101 Å². The van der Waals surface area contributed by atoms with Gasteiger partial charge in [-0.05, 0) is 145 Å². The van der Waals surface area contributed by atoms with E-state index in [0.29, 0.717) is 76.5 Å². The van der Waals surface area contributed by atoms with Gasteiger partial charge < -0.3 is 57.7 Å². The summed E-state index contributed by atoms with van der Waals surface area (Å²) in [5.74, 6) is -0.801. The highest BCUT2D eigenvalue weighted by atomic mass is 16.5. The van der Waals surface area contributed by atoms with Crippen molar-refractivity contribution in [2.45, 2.75) is 119 Å². The molecule has 0 amide bonds. The zero-order chi connectivity index (χ0) is 67.4. The van der Waals surface area contributed by atoms with E-state index >= 15 is 0 Å². The van der Waals surface area contributed by atoms with Crippen molar-refractivity contribution in [3.05, 3.63) is 229 Å². The summed E-state index contributed by atoms with van der Waals surface area (Å²) in [5.41, 5.74) is 15.0. The maximum absolute atomic E-state index is 12.7. The number of benzene rings is 3. The number of esters is 1. The molecule has 10 heterocycles. The number of rotatable bonds is 11. The van der Waals surface area contributed by atoms with Crippen molar-refractivity contribution < 1.29 is 48.6 Å². The van der Waals surface area contributed by atoms with Crippen LogP contribution in [0, 0.1) is 27.7 Å². The van der Waals surface area contributed by atoms with Gasteiger partial charge in [0.2, 0.25) is 0 Å². The molecule has 0 saturated carbocycles. The number of methoxy groups -OCH3 is 4. The number of ketones is 1. The number of aromatic nitrogens is 6. The Bertz CT molecular complexity index is 4720. The van der Waals surface area contributed by atoms with Gasteiger partial charge >= 0.3 is 13.0 Å². The van der Waals surface area contributed by atoms with E-state index in [1.807, 2.05) is 80.8 Å². The average Bonchev–Trinajstić information content (AvgIpc) is 1.65. The summed E-state index contributed by atoms with van der Waals surface area (Å²) in [7, 11) is 5.39. The van der Waals surface area contributed by atoms with Crippen LogP contribution in [-0.4, -0.2) is 97.0 Å². The first-order chi connectivity index (χ1) is 44.4. The zero-order valence-corrected chi connectivity index (χ0v) is 54.4. The van der Waals surface area contributed by atoms with Crippen molar-refractivity contribution >= 4 is 58.3 Å². The predicted molar refractivity (Wildman–Crippen MR) is 358 cm³/mol. The molecule has 0 spiro atoms. The molecule has 22 heteroatoms. The number of carbonyl (C=O) groups is 3. The van der Waals surface area contributed by atoms with Gasteiger partial charge in [0, 0.05) is 89.7 Å². The second kappa shape index (κ2) is 28.4. The number of pyridine rings is 6. The third kappa shape index (κ3) is 13.5. The number of aliphatic hydroxyl groups excluding tert-OH is 2. The number of fused-ring (bicyclic) bond motifs is 10. The Labute approximate surface area is 537 Å². The molecule has 0 bridgehead atoms. The van der Waals surface area contributed by atoms with Crippen molar-refractivity contribution in [3.8, 4) is 22.8 Å². The van der Waals surface area contributed by atoms with Crippen LogP contribution in [0.25, 0.3) is 50.3 Å². The fourth-order valence-electron chi connectivity index (χ4n) is 12.0. The Hall–Kier alpha value is -9.71. The normalized spacial score (nSPS) is 14.0. The maximum Gasteiger partial charge on any atom is 0.406 e. The number of Topliss-reactive ketones (excluding diaryl/α,β-unsaturated/α-hetero) is 1. The molecule has 4 N–H and O–H groups in total. The number of para-hydroxylation sites is 3. The lowest BCUT2D eigenvalue weighted by Gasteiger charge is -2.15. The second-order valence-corrected chi connectivity index (χ2v) is 23.3. The summed E-state index contributed by atoms with van der Waals surface area (Å²) >= 11 is 0. The molecule has 482 valence electrons. The van der Waals surface area contributed by atoms with Gasteiger partial charge in [0.1, 0.15) is 5.57 Å². The number of aldehydes is 1. The molecule has 0 aliphatic carbocycles. The summed E-state index contributed by atoms with van der Waals surface area (Å²) in [5, 5.41) is 34.0. The number of ether oxygens (including phenoxy) is 4. The number of nitrogens with one attached hydrogen (secondary N) is 1. The zero-order valence-electron chi connectivity index (χ0n) is 54.4. The SMILES string of the molecule is CB(O)Nc1ccccc1C=O.COC(=O)C1=C(O)c2cc(C(C)OC)c(C)c(=O)n2C1.COC(C)c1cc2n(c(=O)c1C)CCC2=O.COC(C)c1cc2n(c(=O)c1C)Cc1cc3ccccc3nc1-2.Cc1c(C(C)O)cc2n(c1=O)Cc1cc3ccccc3nc1-2. The Balaban J connectivity index is 0.000000139. The van der Waals surface area contributed by atoms with E-state index in [4.69, 9.17) is 29.2 Å².